The van der Waals surface area contributed by atoms with Gasteiger partial charge in [-0.25, -0.2) is 9.78 Å². The van der Waals surface area contributed by atoms with E-state index in [1.807, 2.05) is 54.6 Å². The zero-order chi connectivity index (χ0) is 20.7. The van der Waals surface area contributed by atoms with E-state index in [1.54, 1.807) is 0 Å². The van der Waals surface area contributed by atoms with Gasteiger partial charge in [0.05, 0.1) is 10.9 Å². The van der Waals surface area contributed by atoms with Gasteiger partial charge >= 0.3 is 5.69 Å². The van der Waals surface area contributed by atoms with Crippen molar-refractivity contribution in [3.63, 3.8) is 0 Å². The zero-order valence-electron chi connectivity index (χ0n) is 16.0. The third kappa shape index (κ3) is 3.20. The molecular weight excluding hydrogens is 380 g/mol. The molecule has 2 heterocycles. The summed E-state index contributed by atoms with van der Waals surface area (Å²) in [6.07, 6.45) is 3.16. The van der Waals surface area contributed by atoms with Crippen LogP contribution in [0, 0.1) is 0 Å². The number of amides is 1. The highest BCUT2D eigenvalue weighted by molar-refractivity contribution is 6.07. The Morgan fingerprint density at radius 3 is 2.53 bits per heavy atom. The predicted molar refractivity (Wildman–Crippen MR) is 115 cm³/mol. The molecule has 7 heteroatoms. The van der Waals surface area contributed by atoms with Crippen molar-refractivity contribution in [3.8, 4) is 11.1 Å². The summed E-state index contributed by atoms with van der Waals surface area (Å²) in [7, 11) is 0. The molecule has 0 saturated heterocycles. The lowest BCUT2D eigenvalue weighted by atomic mass is 10.0. The Hall–Kier alpha value is -4.00. The second-order valence-electron chi connectivity index (χ2n) is 7.32. The first-order chi connectivity index (χ1) is 14.6. The summed E-state index contributed by atoms with van der Waals surface area (Å²) < 4.78 is 1.50. The first kappa shape index (κ1) is 18.1. The van der Waals surface area contributed by atoms with Crippen LogP contribution in [-0.2, 0) is 0 Å². The van der Waals surface area contributed by atoms with E-state index in [9.17, 15) is 14.4 Å². The lowest BCUT2D eigenvalue weighted by Crippen LogP contribution is -2.30. The zero-order valence-corrected chi connectivity index (χ0v) is 16.0. The number of rotatable bonds is 4. The van der Waals surface area contributed by atoms with Crippen LogP contribution in [0.2, 0.25) is 0 Å². The van der Waals surface area contributed by atoms with E-state index in [0.29, 0.717) is 11.3 Å². The summed E-state index contributed by atoms with van der Waals surface area (Å²) in [5.74, 6) is -0.378. The van der Waals surface area contributed by atoms with E-state index in [-0.39, 0.29) is 22.9 Å². The molecular formula is C23H18N4O3. The van der Waals surface area contributed by atoms with Crippen molar-refractivity contribution in [1.29, 1.82) is 0 Å². The maximum absolute atomic E-state index is 12.9. The third-order valence-corrected chi connectivity index (χ3v) is 5.21. The number of hydrogen-bond donors (Lipinski definition) is 2. The highest BCUT2D eigenvalue weighted by Gasteiger charge is 2.27. The number of fused-ring (bicyclic) bond motifs is 1. The molecule has 30 heavy (non-hydrogen) atoms. The number of nitrogens with zero attached hydrogens (tertiary/aromatic N) is 2. The van der Waals surface area contributed by atoms with E-state index in [2.05, 4.69) is 15.3 Å². The van der Waals surface area contributed by atoms with E-state index in [0.717, 1.165) is 24.0 Å². The second kappa shape index (κ2) is 7.11. The summed E-state index contributed by atoms with van der Waals surface area (Å²) in [4.78, 5) is 44.0. The fraction of sp³-hybridized carbons (Fsp3) is 0.130. The number of anilines is 1. The van der Waals surface area contributed by atoms with Gasteiger partial charge in [-0.2, -0.15) is 0 Å². The highest BCUT2D eigenvalue weighted by atomic mass is 16.2. The Balaban J connectivity index is 1.53. The van der Waals surface area contributed by atoms with Gasteiger partial charge in [-0.3, -0.25) is 19.1 Å². The average molecular weight is 398 g/mol. The van der Waals surface area contributed by atoms with Crippen molar-refractivity contribution >= 4 is 22.6 Å². The molecule has 148 valence electrons. The van der Waals surface area contributed by atoms with Crippen LogP contribution in [0.4, 0.5) is 5.69 Å². The van der Waals surface area contributed by atoms with Gasteiger partial charge in [0.15, 0.2) is 0 Å². The van der Waals surface area contributed by atoms with Gasteiger partial charge in [0.1, 0.15) is 5.65 Å². The Morgan fingerprint density at radius 2 is 1.77 bits per heavy atom. The molecule has 7 nitrogen and oxygen atoms in total. The molecule has 0 aliphatic heterocycles. The van der Waals surface area contributed by atoms with E-state index >= 15 is 0 Å². The molecule has 2 N–H and O–H groups in total. The van der Waals surface area contributed by atoms with Crippen LogP contribution in [-0.4, -0.2) is 20.4 Å². The lowest BCUT2D eigenvalue weighted by molar-refractivity contribution is 0.102. The van der Waals surface area contributed by atoms with Gasteiger partial charge in [-0.15, -0.1) is 0 Å². The minimum atomic E-state index is -0.543. The first-order valence-corrected chi connectivity index (χ1v) is 9.72. The topological polar surface area (TPSA) is 96.8 Å². The van der Waals surface area contributed by atoms with Gasteiger partial charge in [0.2, 0.25) is 0 Å². The average Bonchev–Trinajstić information content (AvgIpc) is 3.60. The minimum absolute atomic E-state index is 0.0572. The van der Waals surface area contributed by atoms with E-state index in [1.165, 1.54) is 16.8 Å². The molecule has 0 spiro atoms. The number of para-hydroxylation sites is 1. The number of benzene rings is 2. The van der Waals surface area contributed by atoms with Gasteiger partial charge in [0, 0.05) is 23.5 Å². The number of nitrogens with one attached hydrogen (secondary N) is 2. The van der Waals surface area contributed by atoms with Crippen LogP contribution in [0.3, 0.4) is 0 Å². The molecule has 1 amide bonds. The molecule has 5 rings (SSSR count). The Kier molecular flexibility index (Phi) is 4.28. The van der Waals surface area contributed by atoms with Gasteiger partial charge < -0.3 is 5.32 Å². The molecule has 1 aliphatic rings. The van der Waals surface area contributed by atoms with Crippen LogP contribution in [0.1, 0.15) is 29.2 Å². The van der Waals surface area contributed by atoms with Crippen molar-refractivity contribution in [1.82, 2.24) is 14.5 Å². The van der Waals surface area contributed by atoms with Crippen LogP contribution in [0.15, 0.2) is 76.4 Å². The fourth-order valence-corrected chi connectivity index (χ4v) is 3.59. The summed E-state index contributed by atoms with van der Waals surface area (Å²) in [6.45, 7) is 0. The lowest BCUT2D eigenvalue weighted by Gasteiger charge is -2.12. The minimum Gasteiger partial charge on any atom is -0.321 e. The number of H-pyrrole nitrogens is 1. The van der Waals surface area contributed by atoms with Crippen LogP contribution in [0.25, 0.3) is 22.2 Å². The number of carbonyl (C=O) groups is 1. The van der Waals surface area contributed by atoms with Crippen molar-refractivity contribution in [2.45, 2.75) is 18.9 Å². The number of carbonyl (C=O) groups excluding carboxylic acids is 1. The Morgan fingerprint density at radius 1 is 1.03 bits per heavy atom. The standard InChI is InChI=1S/C23H18N4O3/c28-21(25-19-9-5-4-8-17(19)14-6-2-1-3-7-14)15-12-18-20(24-13-15)27(16-10-11-16)23(30)26-22(18)29/h1-9,12-13,16H,10-11H2,(H,25,28)(H,26,29,30). The summed E-state index contributed by atoms with van der Waals surface area (Å²) in [5, 5.41) is 3.14. The molecule has 0 unspecified atom stereocenters. The fourth-order valence-electron chi connectivity index (χ4n) is 3.59. The molecule has 4 aromatic rings. The Bertz CT molecular complexity index is 1390. The maximum atomic E-state index is 12.9. The molecule has 1 saturated carbocycles. The van der Waals surface area contributed by atoms with Crippen LogP contribution in [0.5, 0.6) is 0 Å². The van der Waals surface area contributed by atoms with Crippen molar-refractivity contribution in [2.24, 2.45) is 0 Å². The van der Waals surface area contributed by atoms with Crippen molar-refractivity contribution < 1.29 is 4.79 Å². The predicted octanol–water partition coefficient (Wildman–Crippen LogP) is 3.34. The van der Waals surface area contributed by atoms with Gasteiger partial charge in [-0.1, -0.05) is 48.5 Å². The molecule has 2 aromatic carbocycles. The van der Waals surface area contributed by atoms with Crippen LogP contribution >= 0.6 is 0 Å². The molecule has 2 aromatic heterocycles. The largest absolute Gasteiger partial charge is 0.330 e. The molecule has 1 aliphatic carbocycles. The van der Waals surface area contributed by atoms with Crippen LogP contribution < -0.4 is 16.6 Å². The number of aromatic amines is 1. The van der Waals surface area contributed by atoms with Crippen molar-refractivity contribution in [2.75, 3.05) is 5.32 Å². The normalized spacial score (nSPS) is 13.3. The van der Waals surface area contributed by atoms with Gasteiger partial charge in [0.25, 0.3) is 11.5 Å². The molecule has 0 bridgehead atoms. The number of aromatic nitrogens is 3. The smallest absolute Gasteiger partial charge is 0.321 e. The Labute approximate surface area is 171 Å². The van der Waals surface area contributed by atoms with E-state index < -0.39 is 11.2 Å². The SMILES string of the molecule is O=C(Nc1ccccc1-c1ccccc1)c1cnc2c(c1)c(=O)[nH]c(=O)n2C1CC1. The summed E-state index contributed by atoms with van der Waals surface area (Å²) in [6, 6.07) is 18.8. The molecule has 0 atom stereocenters. The number of hydrogen-bond acceptors (Lipinski definition) is 4. The second-order valence-corrected chi connectivity index (χ2v) is 7.32. The first-order valence-electron chi connectivity index (χ1n) is 9.72. The molecule has 0 radical (unpaired) electrons. The third-order valence-electron chi connectivity index (χ3n) is 5.21. The number of pyridine rings is 1. The van der Waals surface area contributed by atoms with Gasteiger partial charge in [-0.05, 0) is 30.5 Å². The summed E-state index contributed by atoms with van der Waals surface area (Å²) in [5.41, 5.74) is 2.08. The quantitative estimate of drug-likeness (QED) is 0.551. The molecule has 1 fully saturated rings. The monoisotopic (exact) mass is 398 g/mol. The van der Waals surface area contributed by atoms with Crippen molar-refractivity contribution in [3.05, 3.63) is 93.3 Å². The maximum Gasteiger partial charge on any atom is 0.330 e. The summed E-state index contributed by atoms with van der Waals surface area (Å²) >= 11 is 0. The van der Waals surface area contributed by atoms with E-state index in [4.69, 9.17) is 0 Å². The highest BCUT2D eigenvalue weighted by Crippen LogP contribution is 2.34.